The normalized spacial score (nSPS) is 14.5. The lowest BCUT2D eigenvalue weighted by molar-refractivity contribution is 0.393. The monoisotopic (exact) mass is 529 g/mol. The fraction of sp³-hybridized carbons (Fsp3) is 0.385. The van der Waals surface area contributed by atoms with Crippen LogP contribution in [0.5, 0.6) is 5.75 Å². The summed E-state index contributed by atoms with van der Waals surface area (Å²) in [6, 6.07) is 13.2. The van der Waals surface area contributed by atoms with Gasteiger partial charge in [0.1, 0.15) is 10.8 Å². The van der Waals surface area contributed by atoms with E-state index in [1.165, 1.54) is 31.7 Å². The summed E-state index contributed by atoms with van der Waals surface area (Å²) >= 11 is 6.36. The number of nitrogens with one attached hydrogen (secondary N) is 2. The quantitative estimate of drug-likeness (QED) is 0.359. The molecule has 2 heterocycles. The van der Waals surface area contributed by atoms with Crippen molar-refractivity contribution < 1.29 is 13.2 Å². The maximum atomic E-state index is 11.8. The topological polar surface area (TPSA) is 96.5 Å². The Bertz CT molecular complexity index is 1310. The van der Waals surface area contributed by atoms with Gasteiger partial charge >= 0.3 is 0 Å². The van der Waals surface area contributed by atoms with Crippen molar-refractivity contribution in [1.82, 2.24) is 9.97 Å². The van der Waals surface area contributed by atoms with Crippen LogP contribution in [0.15, 0.2) is 48.7 Å². The van der Waals surface area contributed by atoms with Crippen LogP contribution in [0.4, 0.5) is 28.8 Å². The first kappa shape index (κ1) is 26.0. The second-order valence-electron chi connectivity index (χ2n) is 9.09. The molecule has 0 spiro atoms. The predicted molar refractivity (Wildman–Crippen MR) is 147 cm³/mol. The zero-order chi connectivity index (χ0) is 25.7. The van der Waals surface area contributed by atoms with Crippen LogP contribution in [0.25, 0.3) is 0 Å². The van der Waals surface area contributed by atoms with Crippen molar-refractivity contribution in [2.24, 2.45) is 5.92 Å². The van der Waals surface area contributed by atoms with Gasteiger partial charge in [0.2, 0.25) is 5.95 Å². The first-order valence-electron chi connectivity index (χ1n) is 12.0. The summed E-state index contributed by atoms with van der Waals surface area (Å²) in [5, 5.41) is 6.68. The number of piperidine rings is 1. The molecule has 0 amide bonds. The minimum absolute atomic E-state index is 0.0936. The van der Waals surface area contributed by atoms with Gasteiger partial charge in [0.05, 0.1) is 24.7 Å². The molecule has 0 bridgehead atoms. The molecule has 4 rings (SSSR count). The average molecular weight is 530 g/mol. The van der Waals surface area contributed by atoms with Gasteiger partial charge in [-0.15, -0.1) is 0 Å². The summed E-state index contributed by atoms with van der Waals surface area (Å²) in [5.74, 6) is 2.11. The van der Waals surface area contributed by atoms with Crippen LogP contribution >= 0.6 is 11.6 Å². The number of rotatable bonds is 9. The van der Waals surface area contributed by atoms with Crippen LogP contribution in [0.1, 0.15) is 31.7 Å². The number of aromatic nitrogens is 2. The molecule has 0 aliphatic carbocycles. The summed E-state index contributed by atoms with van der Waals surface area (Å²) in [4.78, 5) is 11.2. The standard InChI is InChI=1S/C26H32ClN5O3S/c1-4-18-11-13-32(14-12-18)20-9-10-23(24(15-20)35-2)30-26-28-16-21(27)25(31-26)29-22-8-6-5-7-19(22)17-36(3,33)34/h5-10,15-16,18H,4,11-14,17H2,1-3H3,(H2,28,29,30,31). The number of sulfone groups is 1. The van der Waals surface area contributed by atoms with Gasteiger partial charge in [-0.1, -0.05) is 43.1 Å². The molecular weight excluding hydrogens is 498 g/mol. The van der Waals surface area contributed by atoms with Gasteiger partial charge in [0.15, 0.2) is 15.7 Å². The fourth-order valence-electron chi connectivity index (χ4n) is 4.39. The average Bonchev–Trinajstić information content (AvgIpc) is 2.86. The molecule has 1 aliphatic rings. The van der Waals surface area contributed by atoms with Gasteiger partial charge in [-0.05, 0) is 42.5 Å². The summed E-state index contributed by atoms with van der Waals surface area (Å²) in [6.45, 7) is 4.35. The highest BCUT2D eigenvalue weighted by Crippen LogP contribution is 2.34. The number of anilines is 5. The molecule has 0 atom stereocenters. The Morgan fingerprint density at radius 3 is 2.56 bits per heavy atom. The second-order valence-corrected chi connectivity index (χ2v) is 11.6. The molecule has 10 heteroatoms. The van der Waals surface area contributed by atoms with E-state index in [1.54, 1.807) is 25.3 Å². The van der Waals surface area contributed by atoms with E-state index in [-0.39, 0.29) is 5.75 Å². The molecule has 1 fully saturated rings. The van der Waals surface area contributed by atoms with Crippen molar-refractivity contribution in [2.45, 2.75) is 31.9 Å². The summed E-state index contributed by atoms with van der Waals surface area (Å²) in [7, 11) is -1.57. The van der Waals surface area contributed by atoms with Gasteiger partial charge in [-0.25, -0.2) is 13.4 Å². The van der Waals surface area contributed by atoms with E-state index in [0.29, 0.717) is 33.8 Å². The third kappa shape index (κ3) is 6.59. The van der Waals surface area contributed by atoms with Crippen LogP contribution in [-0.4, -0.2) is 44.8 Å². The first-order valence-corrected chi connectivity index (χ1v) is 14.4. The zero-order valence-corrected chi connectivity index (χ0v) is 22.4. The smallest absolute Gasteiger partial charge is 0.229 e. The largest absolute Gasteiger partial charge is 0.494 e. The Morgan fingerprint density at radius 2 is 1.86 bits per heavy atom. The molecule has 36 heavy (non-hydrogen) atoms. The van der Waals surface area contributed by atoms with Crippen LogP contribution in [0.2, 0.25) is 5.02 Å². The van der Waals surface area contributed by atoms with Gasteiger partial charge in [-0.2, -0.15) is 4.98 Å². The van der Waals surface area contributed by atoms with Crippen molar-refractivity contribution in [3.63, 3.8) is 0 Å². The SMILES string of the molecule is CCC1CCN(c2ccc(Nc3ncc(Cl)c(Nc4ccccc4CS(C)(=O)=O)n3)c(OC)c2)CC1. The molecule has 1 saturated heterocycles. The molecule has 1 aliphatic heterocycles. The Kier molecular flexibility index (Phi) is 8.21. The first-order chi connectivity index (χ1) is 17.3. The fourth-order valence-corrected chi connectivity index (χ4v) is 5.35. The van der Waals surface area contributed by atoms with Gasteiger partial charge in [-0.3, -0.25) is 0 Å². The van der Waals surface area contributed by atoms with E-state index in [9.17, 15) is 8.42 Å². The predicted octanol–water partition coefficient (Wildman–Crippen LogP) is 5.80. The third-order valence-corrected chi connectivity index (χ3v) is 7.53. The van der Waals surface area contributed by atoms with E-state index < -0.39 is 9.84 Å². The number of hydrogen-bond donors (Lipinski definition) is 2. The Labute approximate surface area is 218 Å². The number of benzene rings is 2. The number of nitrogens with zero attached hydrogens (tertiary/aromatic N) is 3. The zero-order valence-electron chi connectivity index (χ0n) is 20.8. The highest BCUT2D eigenvalue weighted by molar-refractivity contribution is 7.89. The third-order valence-electron chi connectivity index (χ3n) is 6.42. The van der Waals surface area contributed by atoms with E-state index >= 15 is 0 Å². The minimum atomic E-state index is -3.21. The molecule has 2 N–H and O–H groups in total. The van der Waals surface area contributed by atoms with E-state index in [4.69, 9.17) is 16.3 Å². The molecule has 0 radical (unpaired) electrons. The van der Waals surface area contributed by atoms with Crippen LogP contribution in [0.3, 0.4) is 0 Å². The molecule has 1 aromatic heterocycles. The molecule has 3 aromatic rings. The van der Waals surface area contributed by atoms with Crippen molar-refractivity contribution in [2.75, 3.05) is 42.0 Å². The lowest BCUT2D eigenvalue weighted by Gasteiger charge is -2.33. The maximum absolute atomic E-state index is 11.8. The minimum Gasteiger partial charge on any atom is -0.494 e. The summed E-state index contributed by atoms with van der Waals surface area (Å²) < 4.78 is 29.3. The number of methoxy groups -OCH3 is 1. The number of hydrogen-bond acceptors (Lipinski definition) is 8. The van der Waals surface area contributed by atoms with Gasteiger partial charge in [0, 0.05) is 36.8 Å². The Morgan fingerprint density at radius 1 is 1.11 bits per heavy atom. The molecule has 0 unspecified atom stereocenters. The highest BCUT2D eigenvalue weighted by atomic mass is 35.5. The second kappa shape index (κ2) is 11.3. The lowest BCUT2D eigenvalue weighted by atomic mass is 9.94. The highest BCUT2D eigenvalue weighted by Gasteiger charge is 2.19. The molecular formula is C26H32ClN5O3S. The number of halogens is 1. The lowest BCUT2D eigenvalue weighted by Crippen LogP contribution is -2.33. The van der Waals surface area contributed by atoms with Crippen LogP contribution < -0.4 is 20.3 Å². The van der Waals surface area contributed by atoms with Crippen molar-refractivity contribution in [3.8, 4) is 5.75 Å². The van der Waals surface area contributed by atoms with E-state index in [0.717, 1.165) is 30.4 Å². The number of para-hydroxylation sites is 1. The molecule has 192 valence electrons. The Hall–Kier alpha value is -3.04. The summed E-state index contributed by atoms with van der Waals surface area (Å²) in [6.07, 6.45) is 6.36. The van der Waals surface area contributed by atoms with Crippen LogP contribution in [-0.2, 0) is 15.6 Å². The molecule has 8 nitrogen and oxygen atoms in total. The van der Waals surface area contributed by atoms with Crippen molar-refractivity contribution in [1.29, 1.82) is 0 Å². The van der Waals surface area contributed by atoms with E-state index in [2.05, 4.69) is 38.5 Å². The van der Waals surface area contributed by atoms with E-state index in [1.807, 2.05) is 18.2 Å². The summed E-state index contributed by atoms with van der Waals surface area (Å²) in [5.41, 5.74) is 3.11. The maximum Gasteiger partial charge on any atom is 0.229 e. The Balaban J connectivity index is 1.53. The molecule has 2 aromatic carbocycles. The number of ether oxygens (including phenoxy) is 1. The van der Waals surface area contributed by atoms with Crippen LogP contribution in [0, 0.1) is 5.92 Å². The van der Waals surface area contributed by atoms with Gasteiger partial charge < -0.3 is 20.3 Å². The molecule has 0 saturated carbocycles. The van der Waals surface area contributed by atoms with Crippen molar-refractivity contribution in [3.05, 3.63) is 59.2 Å². The van der Waals surface area contributed by atoms with Crippen molar-refractivity contribution >= 4 is 50.3 Å². The van der Waals surface area contributed by atoms with Gasteiger partial charge in [0.25, 0.3) is 0 Å².